The first-order valence-electron chi connectivity index (χ1n) is 4.57. The van der Waals surface area contributed by atoms with Crippen molar-refractivity contribution in [3.8, 4) is 0 Å². The molecule has 1 aromatic rings. The highest BCUT2D eigenvalue weighted by Crippen LogP contribution is 2.09. The van der Waals surface area contributed by atoms with Gasteiger partial charge in [0.1, 0.15) is 12.2 Å². The number of carbonyl (C=O) groups excluding carboxylic acids is 2. The standard InChI is InChI=1S/C9H11N3O3/c1-11-4-6-3-7(8(13)15-2)10-9(14)12(6)5-11/h4-5,7H,3H2,1-2H3/p+1/t7-/m0/s1. The summed E-state index contributed by atoms with van der Waals surface area (Å²) in [6, 6.07) is -0.878. The smallest absolute Gasteiger partial charge is 0.414 e. The number of nitrogens with one attached hydrogen (secondary N) is 1. The second kappa shape index (κ2) is 3.38. The van der Waals surface area contributed by atoms with Gasteiger partial charge in [-0.15, -0.1) is 4.57 Å². The number of rotatable bonds is 1. The minimum Gasteiger partial charge on any atom is -0.467 e. The first-order valence-corrected chi connectivity index (χ1v) is 4.57. The largest absolute Gasteiger partial charge is 0.467 e. The van der Waals surface area contributed by atoms with Crippen molar-refractivity contribution >= 4 is 12.0 Å². The highest BCUT2D eigenvalue weighted by atomic mass is 16.5. The Kier molecular flexibility index (Phi) is 2.18. The van der Waals surface area contributed by atoms with E-state index >= 15 is 0 Å². The lowest BCUT2D eigenvalue weighted by Gasteiger charge is -2.17. The number of hydrogen-bond donors (Lipinski definition) is 1. The van der Waals surface area contributed by atoms with E-state index in [9.17, 15) is 9.59 Å². The number of aromatic nitrogens is 2. The molecule has 0 saturated heterocycles. The maximum Gasteiger partial charge on any atom is 0.414 e. The molecule has 15 heavy (non-hydrogen) atoms. The lowest BCUT2D eigenvalue weighted by Crippen LogP contribution is -2.49. The molecule has 0 spiro atoms. The number of imidazole rings is 1. The number of amides is 1. The zero-order valence-corrected chi connectivity index (χ0v) is 8.56. The molecule has 0 bridgehead atoms. The molecule has 0 aromatic carbocycles. The monoisotopic (exact) mass is 210 g/mol. The van der Waals surface area contributed by atoms with Crippen LogP contribution in [-0.2, 0) is 23.0 Å². The van der Waals surface area contributed by atoms with Crippen LogP contribution in [0.1, 0.15) is 5.69 Å². The molecular formula is C9H12N3O3+. The number of hydrogen-bond acceptors (Lipinski definition) is 3. The highest BCUT2D eigenvalue weighted by Gasteiger charge is 2.34. The van der Waals surface area contributed by atoms with E-state index in [2.05, 4.69) is 10.1 Å². The summed E-state index contributed by atoms with van der Waals surface area (Å²) >= 11 is 0. The molecule has 1 amide bonds. The molecule has 0 unspecified atom stereocenters. The van der Waals surface area contributed by atoms with Gasteiger partial charge in [0, 0.05) is 6.42 Å². The van der Waals surface area contributed by atoms with E-state index < -0.39 is 12.0 Å². The number of nitrogens with zero attached hydrogens (tertiary/aromatic N) is 2. The zero-order valence-electron chi connectivity index (χ0n) is 8.56. The number of methoxy groups -OCH3 is 1. The molecule has 0 saturated carbocycles. The van der Waals surface area contributed by atoms with Crippen LogP contribution in [-0.4, -0.2) is 29.7 Å². The molecule has 1 aliphatic heterocycles. The van der Waals surface area contributed by atoms with Crippen molar-refractivity contribution in [2.24, 2.45) is 7.05 Å². The zero-order chi connectivity index (χ0) is 11.0. The van der Waals surface area contributed by atoms with E-state index in [1.807, 2.05) is 13.2 Å². The molecule has 1 N–H and O–H groups in total. The van der Waals surface area contributed by atoms with Crippen LogP contribution in [0.5, 0.6) is 0 Å². The second-order valence-corrected chi connectivity index (χ2v) is 3.50. The molecule has 1 aromatic heterocycles. The SMILES string of the molecule is COC(=O)[C@@H]1Cc2c[n+](C)cn2C(=O)N1. The Morgan fingerprint density at radius 1 is 1.73 bits per heavy atom. The molecule has 80 valence electrons. The van der Waals surface area contributed by atoms with Crippen molar-refractivity contribution < 1.29 is 18.9 Å². The van der Waals surface area contributed by atoms with E-state index in [1.165, 1.54) is 11.7 Å². The Bertz CT molecular complexity index is 424. The predicted molar refractivity (Wildman–Crippen MR) is 49.0 cm³/mol. The Morgan fingerprint density at radius 3 is 3.13 bits per heavy atom. The molecule has 0 fully saturated rings. The van der Waals surface area contributed by atoms with Crippen LogP contribution in [0.25, 0.3) is 0 Å². The fraction of sp³-hybridized carbons (Fsp3) is 0.444. The van der Waals surface area contributed by atoms with Crippen LogP contribution >= 0.6 is 0 Å². The van der Waals surface area contributed by atoms with Gasteiger partial charge in [-0.25, -0.2) is 14.2 Å². The Hall–Kier alpha value is -1.85. The Labute approximate surface area is 86.5 Å². The fourth-order valence-corrected chi connectivity index (χ4v) is 1.68. The molecular weight excluding hydrogens is 198 g/mol. The molecule has 6 nitrogen and oxygen atoms in total. The van der Waals surface area contributed by atoms with Gasteiger partial charge in [-0.05, 0) is 0 Å². The molecule has 2 rings (SSSR count). The number of carbonyl (C=O) groups is 2. The average molecular weight is 210 g/mol. The average Bonchev–Trinajstić information content (AvgIpc) is 2.58. The number of aryl methyl sites for hydroxylation is 1. The molecule has 6 heteroatoms. The van der Waals surface area contributed by atoms with Gasteiger partial charge < -0.3 is 10.1 Å². The van der Waals surface area contributed by atoms with Crippen molar-refractivity contribution in [3.63, 3.8) is 0 Å². The lowest BCUT2D eigenvalue weighted by atomic mass is 10.1. The lowest BCUT2D eigenvalue weighted by molar-refractivity contribution is -0.670. The Morgan fingerprint density at radius 2 is 2.47 bits per heavy atom. The molecule has 1 aliphatic rings. The maximum absolute atomic E-state index is 11.6. The first-order chi connectivity index (χ1) is 7.11. The summed E-state index contributed by atoms with van der Waals surface area (Å²) in [4.78, 5) is 22.8. The van der Waals surface area contributed by atoms with Gasteiger partial charge >= 0.3 is 12.0 Å². The van der Waals surface area contributed by atoms with Gasteiger partial charge in [0.2, 0.25) is 0 Å². The molecule has 2 heterocycles. The summed E-state index contributed by atoms with van der Waals surface area (Å²) in [5, 5.41) is 2.57. The number of esters is 1. The van der Waals surface area contributed by atoms with Crippen LogP contribution in [0, 0.1) is 0 Å². The van der Waals surface area contributed by atoms with Crippen LogP contribution in [0.4, 0.5) is 4.79 Å². The van der Waals surface area contributed by atoms with Crippen LogP contribution < -0.4 is 9.88 Å². The van der Waals surface area contributed by atoms with Gasteiger partial charge in [0.15, 0.2) is 5.69 Å². The fourth-order valence-electron chi connectivity index (χ4n) is 1.68. The van der Waals surface area contributed by atoms with E-state index in [1.54, 1.807) is 10.9 Å². The van der Waals surface area contributed by atoms with Gasteiger partial charge in [-0.3, -0.25) is 0 Å². The normalized spacial score (nSPS) is 19.3. The van der Waals surface area contributed by atoms with Crippen molar-refractivity contribution in [1.29, 1.82) is 0 Å². The maximum atomic E-state index is 11.6. The van der Waals surface area contributed by atoms with Crippen LogP contribution in [0.3, 0.4) is 0 Å². The van der Waals surface area contributed by atoms with Crippen molar-refractivity contribution in [3.05, 3.63) is 18.2 Å². The summed E-state index contributed by atoms with van der Waals surface area (Å²) in [5.41, 5.74) is 0.802. The van der Waals surface area contributed by atoms with E-state index in [0.717, 1.165) is 5.69 Å². The summed E-state index contributed by atoms with van der Waals surface area (Å²) in [6.07, 6.45) is 3.94. The predicted octanol–water partition coefficient (Wildman–Crippen LogP) is -1.03. The summed E-state index contributed by atoms with van der Waals surface area (Å²) in [7, 11) is 3.13. The number of fused-ring (bicyclic) bond motifs is 1. The minimum atomic E-state index is -0.579. The van der Waals surface area contributed by atoms with Gasteiger partial charge in [-0.2, -0.15) is 0 Å². The highest BCUT2D eigenvalue weighted by molar-refractivity contribution is 5.86. The molecule has 0 radical (unpaired) electrons. The summed E-state index contributed by atoms with van der Waals surface area (Å²) in [5.74, 6) is -0.418. The Balaban J connectivity index is 2.30. The minimum absolute atomic E-state index is 0.299. The third kappa shape index (κ3) is 1.58. The second-order valence-electron chi connectivity index (χ2n) is 3.50. The van der Waals surface area contributed by atoms with E-state index in [-0.39, 0.29) is 6.03 Å². The number of ether oxygens (including phenoxy) is 1. The topological polar surface area (TPSA) is 64.2 Å². The van der Waals surface area contributed by atoms with Crippen molar-refractivity contribution in [2.45, 2.75) is 12.5 Å². The third-order valence-corrected chi connectivity index (χ3v) is 2.38. The van der Waals surface area contributed by atoms with Gasteiger partial charge in [0.05, 0.1) is 14.2 Å². The quantitative estimate of drug-likeness (QED) is 0.476. The summed E-state index contributed by atoms with van der Waals surface area (Å²) < 4.78 is 7.85. The van der Waals surface area contributed by atoms with Crippen molar-refractivity contribution in [1.82, 2.24) is 9.88 Å². The first kappa shape index (κ1) is 9.70. The van der Waals surface area contributed by atoms with Gasteiger partial charge in [-0.1, -0.05) is 0 Å². The molecule has 1 atom stereocenters. The van der Waals surface area contributed by atoms with Gasteiger partial charge in [0.25, 0.3) is 6.33 Å². The van der Waals surface area contributed by atoms with Crippen LogP contribution in [0.2, 0.25) is 0 Å². The molecule has 0 aliphatic carbocycles. The third-order valence-electron chi connectivity index (χ3n) is 2.38. The van der Waals surface area contributed by atoms with Crippen LogP contribution in [0.15, 0.2) is 12.5 Å². The van der Waals surface area contributed by atoms with E-state index in [4.69, 9.17) is 0 Å². The van der Waals surface area contributed by atoms with E-state index in [0.29, 0.717) is 6.42 Å². The summed E-state index contributed by atoms with van der Waals surface area (Å²) in [6.45, 7) is 0. The van der Waals surface area contributed by atoms with Crippen molar-refractivity contribution in [2.75, 3.05) is 7.11 Å².